The molecule has 2 unspecified atom stereocenters. The molecular weight excluding hydrogens is 345 g/mol. The van der Waals surface area contributed by atoms with E-state index in [-0.39, 0.29) is 24.4 Å². The molecule has 0 radical (unpaired) electrons. The molecule has 148 valence electrons. The molecule has 2 rings (SSSR count). The van der Waals surface area contributed by atoms with Gasteiger partial charge in [-0.25, -0.2) is 0 Å². The zero-order chi connectivity index (χ0) is 19.6. The van der Waals surface area contributed by atoms with Crippen LogP contribution in [0.3, 0.4) is 0 Å². The maximum Gasteiger partial charge on any atom is 0.416 e. The second kappa shape index (κ2) is 11.2. The highest BCUT2D eigenvalue weighted by Crippen LogP contribution is 2.29. The smallest absolute Gasteiger partial charge is 0.416 e. The Labute approximate surface area is 153 Å². The Morgan fingerprint density at radius 2 is 1.73 bits per heavy atom. The van der Waals surface area contributed by atoms with Crippen molar-refractivity contribution in [1.29, 1.82) is 0 Å². The van der Waals surface area contributed by atoms with Crippen molar-refractivity contribution in [2.75, 3.05) is 13.2 Å². The van der Waals surface area contributed by atoms with Crippen LogP contribution in [0, 0.1) is 5.92 Å². The molecule has 1 aromatic carbocycles. The van der Waals surface area contributed by atoms with Crippen LogP contribution in [-0.2, 0) is 26.9 Å². The minimum absolute atomic E-state index is 0.109. The van der Waals surface area contributed by atoms with Crippen LogP contribution in [0.4, 0.5) is 13.2 Å². The number of unbranched alkanes of at least 4 members (excludes halogenated alkanes) is 1. The number of benzene rings is 1. The standard InChI is InChI=1S/C16H19F3O3.C4H10/c1-11-8-13(10-21-7-6-15(20)22-11)9-12-2-4-14(5-3-12)16(17,18)19;1-3-4-2/h2-5,11,13H,6-10H2,1H3;3-4H2,1-2H3. The summed E-state index contributed by atoms with van der Waals surface area (Å²) in [7, 11) is 0. The van der Waals surface area contributed by atoms with E-state index in [0.717, 1.165) is 17.7 Å². The van der Waals surface area contributed by atoms with Crippen molar-refractivity contribution < 1.29 is 27.4 Å². The summed E-state index contributed by atoms with van der Waals surface area (Å²) in [5.41, 5.74) is 0.170. The molecule has 0 aromatic heterocycles. The maximum absolute atomic E-state index is 12.5. The van der Waals surface area contributed by atoms with Gasteiger partial charge in [0, 0.05) is 6.61 Å². The Morgan fingerprint density at radius 3 is 2.27 bits per heavy atom. The Morgan fingerprint density at radius 1 is 1.12 bits per heavy atom. The average Bonchev–Trinajstić information content (AvgIpc) is 2.65. The predicted octanol–water partition coefficient (Wildman–Crippen LogP) is 5.41. The number of hydrogen-bond acceptors (Lipinski definition) is 3. The first-order chi connectivity index (χ1) is 12.3. The second-order valence-electron chi connectivity index (χ2n) is 6.63. The number of carbonyl (C=O) groups is 1. The molecule has 1 fully saturated rings. The van der Waals surface area contributed by atoms with Crippen molar-refractivity contribution in [1.82, 2.24) is 0 Å². The highest BCUT2D eigenvalue weighted by molar-refractivity contribution is 5.69. The van der Waals surface area contributed by atoms with Gasteiger partial charge in [-0.05, 0) is 43.4 Å². The van der Waals surface area contributed by atoms with E-state index in [4.69, 9.17) is 9.47 Å². The molecule has 1 heterocycles. The molecule has 0 spiro atoms. The van der Waals surface area contributed by atoms with Gasteiger partial charge in [0.05, 0.1) is 24.7 Å². The number of halogens is 3. The molecule has 6 heteroatoms. The molecule has 2 atom stereocenters. The van der Waals surface area contributed by atoms with E-state index in [0.29, 0.717) is 26.1 Å². The third-order valence-electron chi connectivity index (χ3n) is 4.11. The largest absolute Gasteiger partial charge is 0.463 e. The van der Waals surface area contributed by atoms with Gasteiger partial charge >= 0.3 is 12.1 Å². The third kappa shape index (κ3) is 8.70. The fraction of sp³-hybridized carbons (Fsp3) is 0.650. The molecule has 1 saturated heterocycles. The minimum atomic E-state index is -4.32. The van der Waals surface area contributed by atoms with Crippen LogP contribution < -0.4 is 0 Å². The lowest BCUT2D eigenvalue weighted by Gasteiger charge is -2.19. The number of cyclic esters (lactones) is 1. The minimum Gasteiger partial charge on any atom is -0.463 e. The van der Waals surface area contributed by atoms with Crippen LogP contribution in [0.2, 0.25) is 0 Å². The van der Waals surface area contributed by atoms with Crippen molar-refractivity contribution in [3.63, 3.8) is 0 Å². The first-order valence-electron chi connectivity index (χ1n) is 9.19. The summed E-state index contributed by atoms with van der Waals surface area (Å²) >= 11 is 0. The topological polar surface area (TPSA) is 35.5 Å². The van der Waals surface area contributed by atoms with E-state index >= 15 is 0 Å². The zero-order valence-electron chi connectivity index (χ0n) is 15.8. The van der Waals surface area contributed by atoms with E-state index in [1.54, 1.807) is 0 Å². The Hall–Kier alpha value is -1.56. The normalized spacial score (nSPS) is 21.5. The predicted molar refractivity (Wildman–Crippen MR) is 94.8 cm³/mol. The maximum atomic E-state index is 12.5. The van der Waals surface area contributed by atoms with Crippen LogP contribution in [0.5, 0.6) is 0 Å². The monoisotopic (exact) mass is 374 g/mol. The lowest BCUT2D eigenvalue weighted by Crippen LogP contribution is -2.20. The number of carbonyl (C=O) groups excluding carboxylic acids is 1. The van der Waals surface area contributed by atoms with Crippen LogP contribution in [0.15, 0.2) is 24.3 Å². The molecule has 0 N–H and O–H groups in total. The van der Waals surface area contributed by atoms with Crippen LogP contribution in [0.25, 0.3) is 0 Å². The molecule has 1 aromatic rings. The van der Waals surface area contributed by atoms with E-state index in [1.807, 2.05) is 6.92 Å². The second-order valence-corrected chi connectivity index (χ2v) is 6.63. The number of alkyl halides is 3. The SMILES string of the molecule is CC1CC(Cc2ccc(C(F)(F)F)cc2)COCCC(=O)O1.CCCC. The van der Waals surface area contributed by atoms with Gasteiger partial charge in [-0.1, -0.05) is 38.8 Å². The summed E-state index contributed by atoms with van der Waals surface area (Å²) < 4.78 is 48.3. The highest BCUT2D eigenvalue weighted by Gasteiger charge is 2.30. The first-order valence-corrected chi connectivity index (χ1v) is 9.19. The van der Waals surface area contributed by atoms with Crippen molar-refractivity contribution in [2.45, 2.75) is 65.2 Å². The number of hydrogen-bond donors (Lipinski definition) is 0. The van der Waals surface area contributed by atoms with Crippen molar-refractivity contribution in [2.24, 2.45) is 5.92 Å². The van der Waals surface area contributed by atoms with Gasteiger partial charge in [0.2, 0.25) is 0 Å². The van der Waals surface area contributed by atoms with Crippen LogP contribution in [0.1, 0.15) is 57.6 Å². The summed E-state index contributed by atoms with van der Waals surface area (Å²) in [5.74, 6) is -0.166. The van der Waals surface area contributed by atoms with Crippen LogP contribution >= 0.6 is 0 Å². The summed E-state index contributed by atoms with van der Waals surface area (Å²) in [4.78, 5) is 11.4. The summed E-state index contributed by atoms with van der Waals surface area (Å²) in [5, 5.41) is 0. The molecular formula is C20H29F3O3. The number of esters is 1. The van der Waals surface area contributed by atoms with Gasteiger partial charge < -0.3 is 9.47 Å². The number of rotatable bonds is 3. The Balaban J connectivity index is 0.000000765. The van der Waals surface area contributed by atoms with Crippen molar-refractivity contribution in [3.05, 3.63) is 35.4 Å². The van der Waals surface area contributed by atoms with Gasteiger partial charge in [-0.2, -0.15) is 13.2 Å². The molecule has 26 heavy (non-hydrogen) atoms. The molecule has 0 aliphatic carbocycles. The fourth-order valence-corrected chi connectivity index (χ4v) is 2.58. The quantitative estimate of drug-likeness (QED) is 0.664. The zero-order valence-corrected chi connectivity index (χ0v) is 15.8. The summed E-state index contributed by atoms with van der Waals surface area (Å²) in [6.45, 7) is 6.97. The molecule has 1 aliphatic heterocycles. The lowest BCUT2D eigenvalue weighted by molar-refractivity contribution is -0.149. The van der Waals surface area contributed by atoms with E-state index in [2.05, 4.69) is 13.8 Å². The third-order valence-corrected chi connectivity index (χ3v) is 4.11. The van der Waals surface area contributed by atoms with Crippen molar-refractivity contribution >= 4 is 5.97 Å². The lowest BCUT2D eigenvalue weighted by atomic mass is 9.94. The summed E-state index contributed by atoms with van der Waals surface area (Å²) in [6, 6.07) is 5.17. The first kappa shape index (κ1) is 22.5. The van der Waals surface area contributed by atoms with E-state index < -0.39 is 11.7 Å². The molecule has 0 bridgehead atoms. The van der Waals surface area contributed by atoms with Gasteiger partial charge in [-0.15, -0.1) is 0 Å². The van der Waals surface area contributed by atoms with E-state index in [9.17, 15) is 18.0 Å². The highest BCUT2D eigenvalue weighted by atomic mass is 19.4. The number of ether oxygens (including phenoxy) is 2. The molecule has 0 amide bonds. The molecule has 3 nitrogen and oxygen atoms in total. The Bertz CT molecular complexity index is 524. The van der Waals surface area contributed by atoms with Gasteiger partial charge in [0.25, 0.3) is 0 Å². The van der Waals surface area contributed by atoms with Crippen LogP contribution in [-0.4, -0.2) is 25.3 Å². The van der Waals surface area contributed by atoms with Gasteiger partial charge in [0.15, 0.2) is 0 Å². The fourth-order valence-electron chi connectivity index (χ4n) is 2.58. The molecule has 0 saturated carbocycles. The summed E-state index contributed by atoms with van der Waals surface area (Å²) in [6.07, 6.45) is -0.430. The Kier molecular flexibility index (Phi) is 9.70. The van der Waals surface area contributed by atoms with Crippen molar-refractivity contribution in [3.8, 4) is 0 Å². The van der Waals surface area contributed by atoms with Gasteiger partial charge in [0.1, 0.15) is 0 Å². The molecule has 1 aliphatic rings. The van der Waals surface area contributed by atoms with E-state index in [1.165, 1.54) is 25.0 Å². The van der Waals surface area contributed by atoms with Gasteiger partial charge in [-0.3, -0.25) is 4.79 Å². The average molecular weight is 374 g/mol.